The topological polar surface area (TPSA) is 223 Å². The Balaban J connectivity index is 1.75. The Morgan fingerprint density at radius 2 is 1.63 bits per heavy atom. The molecule has 2 aromatic heterocycles. The first-order chi connectivity index (χ1) is 25.2. The standard InChI is InChI=1S/C33H40ClFN6O13/c1-9-48-28(43)23(29(44)49-10-2)50-15-19-22(52-27(42)17-11-13-18(14-12-17)41(46)47)20(35)26(51-19)39-16-36-21-24(39)37-30(34)38-25(21)40(54-33(6,7)8)31(45)53-32(3,4)5/h11-14,16,19-20,22-23,26H,9-10,15H2,1-8H3/t19-,20+,22+,26-/m1/s1. The number of fused-ring (bicyclic) bond motifs is 1. The van der Waals surface area contributed by atoms with Gasteiger partial charge in [-0.15, -0.1) is 5.06 Å². The highest BCUT2D eigenvalue weighted by Gasteiger charge is 2.50. The molecule has 4 atom stereocenters. The molecule has 3 aromatic rings. The van der Waals surface area contributed by atoms with Crippen molar-refractivity contribution in [1.29, 1.82) is 0 Å². The van der Waals surface area contributed by atoms with Crippen molar-refractivity contribution in [2.24, 2.45) is 0 Å². The van der Waals surface area contributed by atoms with Crippen LogP contribution >= 0.6 is 11.6 Å². The monoisotopic (exact) mass is 782 g/mol. The van der Waals surface area contributed by atoms with Crippen molar-refractivity contribution >= 4 is 58.3 Å². The SMILES string of the molecule is CCOC(=O)C(OC[C@H]1O[C@@H](n2cnc3c(N(OC(C)(C)C)C(=O)OC(C)(C)C)nc(Cl)nc32)[C@@H](F)[C@H]1OC(=O)c1ccc([N+](=O)[O-])cc1)C(=O)OCC. The molecule has 0 aliphatic carbocycles. The van der Waals surface area contributed by atoms with Gasteiger partial charge in [0.2, 0.25) is 5.28 Å². The first-order valence-corrected chi connectivity index (χ1v) is 16.9. The molecule has 19 nitrogen and oxygen atoms in total. The molecule has 0 spiro atoms. The minimum atomic E-state index is -2.22. The van der Waals surface area contributed by atoms with Crippen LogP contribution in [-0.2, 0) is 42.8 Å². The molecule has 3 heterocycles. The van der Waals surface area contributed by atoms with Crippen LogP contribution in [0.25, 0.3) is 11.2 Å². The van der Waals surface area contributed by atoms with Gasteiger partial charge in [0.05, 0.1) is 42.2 Å². The van der Waals surface area contributed by atoms with E-state index in [0.29, 0.717) is 0 Å². The Morgan fingerprint density at radius 3 is 2.17 bits per heavy atom. The van der Waals surface area contributed by atoms with Gasteiger partial charge in [0.1, 0.15) is 11.7 Å². The Labute approximate surface area is 313 Å². The van der Waals surface area contributed by atoms with Gasteiger partial charge in [-0.3, -0.25) is 19.5 Å². The van der Waals surface area contributed by atoms with Crippen LogP contribution in [0.4, 0.5) is 20.7 Å². The van der Waals surface area contributed by atoms with Gasteiger partial charge in [0.25, 0.3) is 11.8 Å². The van der Waals surface area contributed by atoms with E-state index in [1.807, 2.05) is 0 Å². The second-order valence-corrected chi connectivity index (χ2v) is 13.9. The van der Waals surface area contributed by atoms with Gasteiger partial charge in [-0.2, -0.15) is 9.97 Å². The number of amides is 1. The average Bonchev–Trinajstić information content (AvgIpc) is 3.62. The van der Waals surface area contributed by atoms with Crippen LogP contribution in [0, 0.1) is 10.1 Å². The van der Waals surface area contributed by atoms with E-state index in [0.717, 1.165) is 40.2 Å². The molecule has 4 rings (SSSR count). The van der Waals surface area contributed by atoms with E-state index < -0.39 is 82.7 Å². The molecule has 54 heavy (non-hydrogen) atoms. The van der Waals surface area contributed by atoms with Gasteiger partial charge in [0, 0.05) is 12.1 Å². The number of carbonyl (C=O) groups excluding carboxylic acids is 4. The fourth-order valence-electron chi connectivity index (χ4n) is 4.91. The van der Waals surface area contributed by atoms with Gasteiger partial charge in [-0.05, 0) is 79.1 Å². The molecule has 1 saturated heterocycles. The van der Waals surface area contributed by atoms with Crippen molar-refractivity contribution in [3.63, 3.8) is 0 Å². The summed E-state index contributed by atoms with van der Waals surface area (Å²) in [6.07, 6.45) is -8.95. The summed E-state index contributed by atoms with van der Waals surface area (Å²) in [4.78, 5) is 80.7. The smallest absolute Gasteiger partial charge is 0.440 e. The van der Waals surface area contributed by atoms with Gasteiger partial charge >= 0.3 is 24.0 Å². The normalized spacial score (nSPS) is 18.7. The lowest BCUT2D eigenvalue weighted by atomic mass is 10.1. The van der Waals surface area contributed by atoms with Gasteiger partial charge in [-0.25, -0.2) is 28.6 Å². The number of nitrogens with zero attached hydrogens (tertiary/aromatic N) is 6. The summed E-state index contributed by atoms with van der Waals surface area (Å²) in [6, 6.07) is 4.35. The van der Waals surface area contributed by atoms with E-state index >= 15 is 4.39 Å². The highest BCUT2D eigenvalue weighted by Crippen LogP contribution is 2.38. The zero-order valence-corrected chi connectivity index (χ0v) is 31.4. The summed E-state index contributed by atoms with van der Waals surface area (Å²) in [5, 5.41) is 11.4. The number of benzene rings is 1. The zero-order chi connectivity index (χ0) is 40.1. The highest BCUT2D eigenvalue weighted by atomic mass is 35.5. The quantitative estimate of drug-likeness (QED) is 0.0565. The molecule has 1 aliphatic heterocycles. The minimum absolute atomic E-state index is 0.103. The Morgan fingerprint density at radius 1 is 1.02 bits per heavy atom. The lowest BCUT2D eigenvalue weighted by Gasteiger charge is -2.30. The van der Waals surface area contributed by atoms with E-state index in [1.165, 1.54) is 13.8 Å². The summed E-state index contributed by atoms with van der Waals surface area (Å²) in [5.74, 6) is -3.52. The number of nitro groups is 1. The maximum absolute atomic E-state index is 16.7. The number of carbonyl (C=O) groups is 4. The summed E-state index contributed by atoms with van der Waals surface area (Å²) >= 11 is 6.32. The van der Waals surface area contributed by atoms with Crippen LogP contribution in [0.5, 0.6) is 0 Å². The third-order valence-electron chi connectivity index (χ3n) is 7.02. The Kier molecular flexibility index (Phi) is 13.1. The van der Waals surface area contributed by atoms with E-state index in [2.05, 4.69) is 15.0 Å². The van der Waals surface area contributed by atoms with Crippen LogP contribution in [0.15, 0.2) is 30.6 Å². The van der Waals surface area contributed by atoms with Crippen LogP contribution < -0.4 is 5.06 Å². The Bertz CT molecular complexity index is 1850. The maximum atomic E-state index is 16.7. The summed E-state index contributed by atoms with van der Waals surface area (Å²) in [6.45, 7) is 12.0. The van der Waals surface area contributed by atoms with Crippen molar-refractivity contribution in [2.75, 3.05) is 24.9 Å². The number of nitro benzene ring substituents is 1. The van der Waals surface area contributed by atoms with Crippen molar-refractivity contribution in [2.45, 2.75) is 97.3 Å². The summed E-state index contributed by atoms with van der Waals surface area (Å²) in [7, 11) is 0. The second kappa shape index (κ2) is 17.0. The molecular formula is C33H40ClFN6O13. The highest BCUT2D eigenvalue weighted by molar-refractivity contribution is 6.28. The predicted molar refractivity (Wildman–Crippen MR) is 184 cm³/mol. The third-order valence-corrected chi connectivity index (χ3v) is 7.19. The number of hydrogen-bond acceptors (Lipinski definition) is 16. The number of non-ortho nitro benzene ring substituents is 1. The molecule has 1 fully saturated rings. The molecule has 21 heteroatoms. The molecule has 0 radical (unpaired) electrons. The van der Waals surface area contributed by atoms with Gasteiger partial charge in [0.15, 0.2) is 35.5 Å². The maximum Gasteiger partial charge on any atom is 0.440 e. The predicted octanol–water partition coefficient (Wildman–Crippen LogP) is 4.83. The zero-order valence-electron chi connectivity index (χ0n) is 30.6. The van der Waals surface area contributed by atoms with E-state index in [9.17, 15) is 29.3 Å². The molecule has 0 N–H and O–H groups in total. The molecule has 1 aliphatic rings. The van der Waals surface area contributed by atoms with E-state index in [-0.39, 0.29) is 41.4 Å². The minimum Gasteiger partial charge on any atom is -0.464 e. The summed E-state index contributed by atoms with van der Waals surface area (Å²) in [5.41, 5.74) is -2.65. The van der Waals surface area contributed by atoms with Gasteiger partial charge < -0.3 is 28.4 Å². The number of halogens is 2. The third kappa shape index (κ3) is 10.1. The Hall–Kier alpha value is -5.05. The van der Waals surface area contributed by atoms with Crippen molar-refractivity contribution in [3.05, 3.63) is 51.6 Å². The van der Waals surface area contributed by atoms with Gasteiger partial charge in [-0.1, -0.05) is 0 Å². The molecular weight excluding hydrogens is 743 g/mol. The number of aromatic nitrogens is 4. The lowest BCUT2D eigenvalue weighted by Crippen LogP contribution is -2.42. The average molecular weight is 783 g/mol. The molecule has 294 valence electrons. The fraction of sp³-hybridized carbons (Fsp3) is 0.545. The van der Waals surface area contributed by atoms with Crippen LogP contribution in [0.1, 0.15) is 72.0 Å². The van der Waals surface area contributed by atoms with Crippen LogP contribution in [0.2, 0.25) is 5.28 Å². The second-order valence-electron chi connectivity index (χ2n) is 13.5. The largest absolute Gasteiger partial charge is 0.464 e. The van der Waals surface area contributed by atoms with E-state index in [1.54, 1.807) is 41.5 Å². The molecule has 0 bridgehead atoms. The molecule has 0 saturated carbocycles. The molecule has 1 aromatic carbocycles. The lowest BCUT2D eigenvalue weighted by molar-refractivity contribution is -0.384. The first kappa shape index (κ1) is 41.7. The molecule has 1 amide bonds. The number of hydrogen-bond donors (Lipinski definition) is 0. The van der Waals surface area contributed by atoms with Crippen molar-refractivity contribution in [3.8, 4) is 0 Å². The summed E-state index contributed by atoms with van der Waals surface area (Å²) < 4.78 is 50.2. The van der Waals surface area contributed by atoms with E-state index in [4.69, 9.17) is 44.9 Å². The number of ether oxygens (including phenoxy) is 6. The molecule has 0 unspecified atom stereocenters. The van der Waals surface area contributed by atoms with Crippen molar-refractivity contribution < 1.29 is 61.8 Å². The number of rotatable bonds is 13. The van der Waals surface area contributed by atoms with Crippen LogP contribution in [-0.4, -0.2) is 104 Å². The number of imidazole rings is 1. The first-order valence-electron chi connectivity index (χ1n) is 16.6. The number of alkyl halides is 1. The number of esters is 3. The fourth-order valence-corrected chi connectivity index (χ4v) is 5.07. The number of anilines is 1. The van der Waals surface area contributed by atoms with Crippen LogP contribution in [0.3, 0.4) is 0 Å². The van der Waals surface area contributed by atoms with Crippen molar-refractivity contribution in [1.82, 2.24) is 19.5 Å². The number of hydroxylamine groups is 1.